The molecule has 2 rings (SSSR count). The lowest BCUT2D eigenvalue weighted by molar-refractivity contribution is -0.143. The van der Waals surface area contributed by atoms with E-state index in [0.29, 0.717) is 0 Å². The van der Waals surface area contributed by atoms with Crippen LogP contribution in [0.2, 0.25) is 0 Å². The maximum absolute atomic E-state index is 11.2. The lowest BCUT2D eigenvalue weighted by Crippen LogP contribution is -2.14. The van der Waals surface area contributed by atoms with Crippen molar-refractivity contribution in [3.63, 3.8) is 0 Å². The highest BCUT2D eigenvalue weighted by molar-refractivity contribution is 5.76. The van der Waals surface area contributed by atoms with Crippen LogP contribution in [0, 0.1) is 12.3 Å². The van der Waals surface area contributed by atoms with Gasteiger partial charge in [0.25, 0.3) is 0 Å². The zero-order valence-electron chi connectivity index (χ0n) is 7.49. The molecule has 13 heavy (non-hydrogen) atoms. The van der Waals surface area contributed by atoms with Gasteiger partial charge in [-0.3, -0.25) is 4.79 Å². The van der Waals surface area contributed by atoms with E-state index in [2.05, 4.69) is 6.07 Å². The highest BCUT2D eigenvalue weighted by Gasteiger charge is 2.27. The highest BCUT2D eigenvalue weighted by Crippen LogP contribution is 2.28. The molecule has 1 aromatic carbocycles. The monoisotopic (exact) mass is 175 g/mol. The van der Waals surface area contributed by atoms with Gasteiger partial charge >= 0.3 is 5.97 Å². The number of hydrogen-bond donors (Lipinski definition) is 0. The molecular weight excluding hydrogens is 164 g/mol. The fourth-order valence-corrected chi connectivity index (χ4v) is 1.70. The van der Waals surface area contributed by atoms with Gasteiger partial charge in [0.2, 0.25) is 0 Å². The molecule has 1 aromatic rings. The number of methoxy groups -OCH3 is 1. The molecule has 0 heterocycles. The molecule has 0 spiro atoms. The SMILES string of the molecule is COC(=O)C1[CH]c2ccccc2C1. The molecule has 1 unspecified atom stereocenters. The Morgan fingerprint density at radius 1 is 1.46 bits per heavy atom. The molecule has 1 radical (unpaired) electrons. The number of rotatable bonds is 1. The van der Waals surface area contributed by atoms with Crippen molar-refractivity contribution < 1.29 is 9.53 Å². The van der Waals surface area contributed by atoms with Gasteiger partial charge in [0.15, 0.2) is 0 Å². The molecule has 0 aromatic heterocycles. The van der Waals surface area contributed by atoms with Gasteiger partial charge in [-0.05, 0) is 17.5 Å². The summed E-state index contributed by atoms with van der Waals surface area (Å²) in [6.45, 7) is 0. The van der Waals surface area contributed by atoms with E-state index >= 15 is 0 Å². The number of hydrogen-bond acceptors (Lipinski definition) is 2. The van der Waals surface area contributed by atoms with Crippen molar-refractivity contribution in [3.8, 4) is 0 Å². The van der Waals surface area contributed by atoms with Gasteiger partial charge in [-0.15, -0.1) is 0 Å². The van der Waals surface area contributed by atoms with Crippen LogP contribution in [0.5, 0.6) is 0 Å². The van der Waals surface area contributed by atoms with Crippen LogP contribution in [0.3, 0.4) is 0 Å². The predicted molar refractivity (Wildman–Crippen MR) is 49.1 cm³/mol. The van der Waals surface area contributed by atoms with Crippen LogP contribution in [0.4, 0.5) is 0 Å². The van der Waals surface area contributed by atoms with Gasteiger partial charge < -0.3 is 4.74 Å². The minimum absolute atomic E-state index is 0.0811. The van der Waals surface area contributed by atoms with Crippen LogP contribution < -0.4 is 0 Å². The zero-order valence-corrected chi connectivity index (χ0v) is 7.49. The Hall–Kier alpha value is -1.31. The molecule has 2 heteroatoms. The molecule has 0 fully saturated rings. The summed E-state index contributed by atoms with van der Waals surface area (Å²) in [7, 11) is 1.43. The summed E-state index contributed by atoms with van der Waals surface area (Å²) in [6.07, 6.45) is 2.75. The summed E-state index contributed by atoms with van der Waals surface area (Å²) >= 11 is 0. The van der Waals surface area contributed by atoms with Crippen LogP contribution in [-0.2, 0) is 16.0 Å². The minimum atomic E-state index is -0.142. The predicted octanol–water partition coefficient (Wildman–Crippen LogP) is 1.58. The largest absolute Gasteiger partial charge is 0.469 e. The minimum Gasteiger partial charge on any atom is -0.469 e. The van der Waals surface area contributed by atoms with Crippen LogP contribution in [-0.4, -0.2) is 13.1 Å². The second-order valence-electron chi connectivity index (χ2n) is 3.20. The van der Waals surface area contributed by atoms with E-state index in [4.69, 9.17) is 4.74 Å². The molecular formula is C11H11O2. The normalized spacial score (nSPS) is 15.5. The number of fused-ring (bicyclic) bond motifs is 1. The molecule has 1 atom stereocenters. The van der Waals surface area contributed by atoms with E-state index < -0.39 is 0 Å². The van der Waals surface area contributed by atoms with Crippen LogP contribution in [0.1, 0.15) is 11.1 Å². The standard InChI is InChI=1S/C11H11O2/c1-13-11(12)10-6-8-4-2-3-5-9(8)7-10/h2-6,10H,7H2,1H3. The molecule has 1 aliphatic carbocycles. The van der Waals surface area contributed by atoms with Crippen LogP contribution in [0.25, 0.3) is 0 Å². The molecule has 1 aliphatic rings. The number of carbonyl (C=O) groups excluding carboxylic acids is 1. The Labute approximate surface area is 77.5 Å². The Balaban J connectivity index is 2.18. The van der Waals surface area contributed by atoms with Gasteiger partial charge in [0, 0.05) is 6.42 Å². The van der Waals surface area contributed by atoms with Crippen LogP contribution >= 0.6 is 0 Å². The molecule has 67 valence electrons. The van der Waals surface area contributed by atoms with Crippen molar-refractivity contribution in [2.24, 2.45) is 5.92 Å². The fraction of sp³-hybridized carbons (Fsp3) is 0.273. The Morgan fingerprint density at radius 2 is 2.23 bits per heavy atom. The van der Waals surface area contributed by atoms with Gasteiger partial charge in [0.05, 0.1) is 13.0 Å². The van der Waals surface area contributed by atoms with Crippen molar-refractivity contribution >= 4 is 5.97 Å². The Morgan fingerprint density at radius 3 is 2.92 bits per heavy atom. The van der Waals surface area contributed by atoms with E-state index in [1.54, 1.807) is 0 Å². The molecule has 0 amide bonds. The van der Waals surface area contributed by atoms with Gasteiger partial charge in [-0.25, -0.2) is 0 Å². The average Bonchev–Trinajstić information content (AvgIpc) is 2.59. The van der Waals surface area contributed by atoms with Crippen LogP contribution in [0.15, 0.2) is 24.3 Å². The van der Waals surface area contributed by atoms with Crippen molar-refractivity contribution in [3.05, 3.63) is 41.8 Å². The summed E-state index contributed by atoms with van der Waals surface area (Å²) in [5.74, 6) is -0.224. The van der Waals surface area contributed by atoms with E-state index in [-0.39, 0.29) is 11.9 Å². The number of ether oxygens (including phenoxy) is 1. The first-order chi connectivity index (χ1) is 6.31. The van der Waals surface area contributed by atoms with E-state index in [0.717, 1.165) is 12.0 Å². The van der Waals surface area contributed by atoms with Crippen molar-refractivity contribution in [1.82, 2.24) is 0 Å². The number of benzene rings is 1. The fourth-order valence-electron chi connectivity index (χ4n) is 1.70. The zero-order chi connectivity index (χ0) is 9.26. The van der Waals surface area contributed by atoms with Gasteiger partial charge in [-0.2, -0.15) is 0 Å². The average molecular weight is 175 g/mol. The lowest BCUT2D eigenvalue weighted by Gasteiger charge is -2.03. The Bertz CT molecular complexity index is 306. The second-order valence-corrected chi connectivity index (χ2v) is 3.20. The summed E-state index contributed by atoms with van der Waals surface area (Å²) in [5, 5.41) is 0. The highest BCUT2D eigenvalue weighted by atomic mass is 16.5. The first-order valence-corrected chi connectivity index (χ1v) is 4.32. The summed E-state index contributed by atoms with van der Waals surface area (Å²) in [6, 6.07) is 8.05. The van der Waals surface area contributed by atoms with Gasteiger partial charge in [0.1, 0.15) is 0 Å². The van der Waals surface area contributed by atoms with E-state index in [1.165, 1.54) is 12.7 Å². The van der Waals surface area contributed by atoms with Gasteiger partial charge in [-0.1, -0.05) is 24.3 Å². The third-order valence-electron chi connectivity index (χ3n) is 2.38. The second kappa shape index (κ2) is 3.21. The summed E-state index contributed by atoms with van der Waals surface area (Å²) in [4.78, 5) is 11.2. The van der Waals surface area contributed by atoms with Crippen molar-refractivity contribution in [2.45, 2.75) is 6.42 Å². The summed E-state index contributed by atoms with van der Waals surface area (Å²) < 4.78 is 4.70. The third-order valence-corrected chi connectivity index (χ3v) is 2.38. The third kappa shape index (κ3) is 1.44. The molecule has 0 N–H and O–H groups in total. The molecule has 0 bridgehead atoms. The molecule has 0 saturated heterocycles. The van der Waals surface area contributed by atoms with Crippen molar-refractivity contribution in [1.29, 1.82) is 0 Å². The molecule has 2 nitrogen and oxygen atoms in total. The first-order valence-electron chi connectivity index (χ1n) is 4.32. The quantitative estimate of drug-likeness (QED) is 0.606. The topological polar surface area (TPSA) is 26.3 Å². The lowest BCUT2D eigenvalue weighted by atomic mass is 10.1. The smallest absolute Gasteiger partial charge is 0.309 e. The Kier molecular flexibility index (Phi) is 2.05. The summed E-state index contributed by atoms with van der Waals surface area (Å²) in [5.41, 5.74) is 2.40. The maximum atomic E-state index is 11.2. The van der Waals surface area contributed by atoms with Crippen molar-refractivity contribution in [2.75, 3.05) is 7.11 Å². The number of carbonyl (C=O) groups is 1. The van der Waals surface area contributed by atoms with E-state index in [1.807, 2.05) is 24.6 Å². The van der Waals surface area contributed by atoms with E-state index in [9.17, 15) is 4.79 Å². The molecule has 0 aliphatic heterocycles. The first kappa shape index (κ1) is 8.30. The molecule has 0 saturated carbocycles. The maximum Gasteiger partial charge on any atom is 0.309 e. The number of esters is 1.